The van der Waals surface area contributed by atoms with Gasteiger partial charge < -0.3 is 14.9 Å². The molecule has 1 N–H and O–H groups in total. The van der Waals surface area contributed by atoms with Crippen LogP contribution in [0.15, 0.2) is 0 Å². The number of aliphatic carboxylic acids is 1. The van der Waals surface area contributed by atoms with E-state index in [0.717, 1.165) is 18.8 Å². The first kappa shape index (κ1) is 15.5. The minimum Gasteiger partial charge on any atom is -0.481 e. The van der Waals surface area contributed by atoms with Crippen LogP contribution in [0.2, 0.25) is 0 Å². The van der Waals surface area contributed by atoms with E-state index in [1.165, 1.54) is 0 Å². The Bertz CT molecular complexity index is 381. The van der Waals surface area contributed by atoms with Crippen molar-refractivity contribution >= 4 is 23.8 Å². The Kier molecular flexibility index (Phi) is 4.83. The van der Waals surface area contributed by atoms with Crippen molar-refractivity contribution in [3.05, 3.63) is 0 Å². The third kappa shape index (κ3) is 3.05. The van der Waals surface area contributed by atoms with Crippen LogP contribution in [0, 0.1) is 5.41 Å². The third-order valence-corrected chi connectivity index (χ3v) is 5.77. The molecule has 0 aromatic rings. The molecule has 20 heavy (non-hydrogen) atoms. The highest BCUT2D eigenvalue weighted by Crippen LogP contribution is 2.35. The van der Waals surface area contributed by atoms with E-state index in [1.807, 2.05) is 28.5 Å². The predicted octanol–water partition coefficient (Wildman–Crippen LogP) is 2.12. The molecule has 0 aromatic carbocycles. The van der Waals surface area contributed by atoms with Gasteiger partial charge in [-0.25, -0.2) is 4.79 Å². The van der Waals surface area contributed by atoms with Crippen LogP contribution >= 0.6 is 11.8 Å². The summed E-state index contributed by atoms with van der Waals surface area (Å²) in [5.41, 5.74) is -0.623. The third-order valence-electron chi connectivity index (χ3n) is 4.63. The van der Waals surface area contributed by atoms with Crippen molar-refractivity contribution in [1.29, 1.82) is 0 Å². The van der Waals surface area contributed by atoms with Gasteiger partial charge >= 0.3 is 12.0 Å². The number of carboxylic acid groups (broad SMARTS) is 1. The molecule has 0 aromatic heterocycles. The van der Waals surface area contributed by atoms with Gasteiger partial charge in [0.25, 0.3) is 0 Å². The van der Waals surface area contributed by atoms with Crippen LogP contribution in [0.4, 0.5) is 4.79 Å². The highest BCUT2D eigenvalue weighted by atomic mass is 32.2. The number of hydrogen-bond donors (Lipinski definition) is 1. The van der Waals surface area contributed by atoms with Gasteiger partial charge in [-0.3, -0.25) is 4.79 Å². The number of hydrogen-bond acceptors (Lipinski definition) is 3. The van der Waals surface area contributed by atoms with Crippen LogP contribution < -0.4 is 0 Å². The fourth-order valence-electron chi connectivity index (χ4n) is 3.04. The monoisotopic (exact) mass is 300 g/mol. The molecule has 0 spiro atoms. The average molecular weight is 300 g/mol. The Labute approximate surface area is 124 Å². The van der Waals surface area contributed by atoms with E-state index in [2.05, 4.69) is 6.92 Å². The van der Waals surface area contributed by atoms with Crippen LogP contribution in [-0.2, 0) is 4.79 Å². The highest BCUT2D eigenvalue weighted by Gasteiger charge is 2.41. The zero-order chi connectivity index (χ0) is 14.8. The van der Waals surface area contributed by atoms with E-state index in [0.29, 0.717) is 37.6 Å². The number of carbonyl (C=O) groups excluding carboxylic acids is 1. The number of nitrogens with zero attached hydrogens (tertiary/aromatic N) is 2. The molecular formula is C14H24N2O3S. The molecule has 0 radical (unpaired) electrons. The van der Waals surface area contributed by atoms with E-state index in [1.54, 1.807) is 0 Å². The number of rotatable bonds is 2. The molecule has 2 saturated heterocycles. The predicted molar refractivity (Wildman–Crippen MR) is 80.1 cm³/mol. The Morgan fingerprint density at radius 2 is 1.90 bits per heavy atom. The number of carbonyl (C=O) groups is 2. The molecule has 2 fully saturated rings. The number of urea groups is 1. The molecule has 2 aliphatic rings. The van der Waals surface area contributed by atoms with E-state index in [-0.39, 0.29) is 6.03 Å². The van der Waals surface area contributed by atoms with Crippen LogP contribution in [-0.4, -0.2) is 64.1 Å². The van der Waals surface area contributed by atoms with Gasteiger partial charge in [-0.1, -0.05) is 13.8 Å². The second kappa shape index (κ2) is 6.24. The summed E-state index contributed by atoms with van der Waals surface area (Å²) < 4.78 is 0. The number of amides is 2. The van der Waals surface area contributed by atoms with Crippen molar-refractivity contribution in [3.63, 3.8) is 0 Å². The van der Waals surface area contributed by atoms with Crippen molar-refractivity contribution in [1.82, 2.24) is 9.80 Å². The number of carboxylic acids is 1. The lowest BCUT2D eigenvalue weighted by atomic mass is 9.76. The number of thioether (sulfide) groups is 1. The first-order valence-electron chi connectivity index (χ1n) is 7.37. The first-order chi connectivity index (χ1) is 9.48. The molecule has 0 aliphatic carbocycles. The van der Waals surface area contributed by atoms with Crippen molar-refractivity contribution in [3.8, 4) is 0 Å². The molecule has 2 heterocycles. The van der Waals surface area contributed by atoms with Crippen molar-refractivity contribution in [2.75, 3.05) is 31.9 Å². The van der Waals surface area contributed by atoms with Gasteiger partial charge in [0.2, 0.25) is 0 Å². The lowest BCUT2D eigenvalue weighted by Gasteiger charge is -2.41. The highest BCUT2D eigenvalue weighted by molar-refractivity contribution is 7.99. The minimum absolute atomic E-state index is 0.0900. The van der Waals surface area contributed by atoms with E-state index in [9.17, 15) is 14.7 Å². The molecule has 0 saturated carbocycles. The molecule has 1 atom stereocenters. The smallest absolute Gasteiger partial charge is 0.320 e. The summed E-state index contributed by atoms with van der Waals surface area (Å²) in [6.07, 6.45) is 1.78. The first-order valence-corrected chi connectivity index (χ1v) is 8.42. The van der Waals surface area contributed by atoms with Gasteiger partial charge in [0.1, 0.15) is 0 Å². The molecule has 114 valence electrons. The SMILES string of the molecule is CCC1(C(=O)O)CCN(C(=O)N2CCSC(C)C2)CC1. The van der Waals surface area contributed by atoms with Crippen molar-refractivity contribution in [2.24, 2.45) is 5.41 Å². The molecule has 5 nitrogen and oxygen atoms in total. The van der Waals surface area contributed by atoms with Crippen molar-refractivity contribution < 1.29 is 14.7 Å². The average Bonchev–Trinajstić information content (AvgIpc) is 2.46. The van der Waals surface area contributed by atoms with Gasteiger partial charge in [-0.15, -0.1) is 0 Å². The Morgan fingerprint density at radius 3 is 2.40 bits per heavy atom. The fraction of sp³-hybridized carbons (Fsp3) is 0.857. The van der Waals surface area contributed by atoms with Crippen LogP contribution in [0.3, 0.4) is 0 Å². The van der Waals surface area contributed by atoms with Gasteiger partial charge in [-0.2, -0.15) is 11.8 Å². The van der Waals surface area contributed by atoms with E-state index < -0.39 is 11.4 Å². The maximum absolute atomic E-state index is 12.5. The summed E-state index contributed by atoms with van der Waals surface area (Å²) in [6, 6.07) is 0.0900. The Morgan fingerprint density at radius 1 is 1.25 bits per heavy atom. The number of likely N-dealkylation sites (tertiary alicyclic amines) is 1. The summed E-state index contributed by atoms with van der Waals surface area (Å²) in [5.74, 6) is 0.282. The largest absolute Gasteiger partial charge is 0.481 e. The Balaban J connectivity index is 1.93. The summed E-state index contributed by atoms with van der Waals surface area (Å²) in [6.45, 7) is 6.82. The normalized spacial score (nSPS) is 26.4. The van der Waals surface area contributed by atoms with Crippen molar-refractivity contribution in [2.45, 2.75) is 38.4 Å². The maximum atomic E-state index is 12.5. The van der Waals surface area contributed by atoms with Crippen LogP contribution in [0.25, 0.3) is 0 Å². The van der Waals surface area contributed by atoms with E-state index in [4.69, 9.17) is 0 Å². The summed E-state index contributed by atoms with van der Waals surface area (Å²) in [5, 5.41) is 9.87. The Hall–Kier alpha value is -0.910. The van der Waals surface area contributed by atoms with Gasteiger partial charge in [-0.05, 0) is 19.3 Å². The minimum atomic E-state index is -0.713. The van der Waals surface area contributed by atoms with Gasteiger partial charge in [0.15, 0.2) is 0 Å². The van der Waals surface area contributed by atoms with Gasteiger partial charge in [0.05, 0.1) is 5.41 Å². The second-order valence-corrected chi connectivity index (χ2v) is 7.38. The van der Waals surface area contributed by atoms with E-state index >= 15 is 0 Å². The topological polar surface area (TPSA) is 60.9 Å². The molecule has 1 unspecified atom stereocenters. The fourth-order valence-corrected chi connectivity index (χ4v) is 4.05. The second-order valence-electron chi connectivity index (χ2n) is 5.84. The van der Waals surface area contributed by atoms with Gasteiger partial charge in [0, 0.05) is 37.2 Å². The lowest BCUT2D eigenvalue weighted by molar-refractivity contribution is -0.152. The standard InChI is InChI=1S/C14H24N2O3S/c1-3-14(12(17)18)4-6-15(7-5-14)13(19)16-8-9-20-11(2)10-16/h11H,3-10H2,1-2H3,(H,17,18). The molecule has 2 amide bonds. The number of piperidine rings is 1. The lowest BCUT2D eigenvalue weighted by Crippen LogP contribution is -2.53. The van der Waals surface area contributed by atoms with Crippen LogP contribution in [0.5, 0.6) is 0 Å². The molecule has 2 aliphatic heterocycles. The quantitative estimate of drug-likeness (QED) is 0.848. The zero-order valence-corrected chi connectivity index (χ0v) is 13.1. The molecule has 6 heteroatoms. The summed E-state index contributed by atoms with van der Waals surface area (Å²) in [4.78, 5) is 27.6. The summed E-state index contributed by atoms with van der Waals surface area (Å²) >= 11 is 1.90. The molecule has 2 rings (SSSR count). The summed E-state index contributed by atoms with van der Waals surface area (Å²) in [7, 11) is 0. The maximum Gasteiger partial charge on any atom is 0.320 e. The molecular weight excluding hydrogens is 276 g/mol. The molecule has 0 bridgehead atoms. The van der Waals surface area contributed by atoms with Crippen LogP contribution in [0.1, 0.15) is 33.1 Å². The zero-order valence-electron chi connectivity index (χ0n) is 12.3.